The van der Waals surface area contributed by atoms with Gasteiger partial charge in [0.1, 0.15) is 12.1 Å². The van der Waals surface area contributed by atoms with E-state index in [1.54, 1.807) is 29.2 Å². The van der Waals surface area contributed by atoms with Crippen molar-refractivity contribution in [1.29, 1.82) is 0 Å². The maximum absolute atomic E-state index is 13.5. The molecule has 1 aliphatic carbocycles. The molecule has 0 bridgehead atoms. The van der Waals surface area contributed by atoms with Crippen LogP contribution in [-0.4, -0.2) is 56.3 Å². The molecule has 35 heavy (non-hydrogen) atoms. The molecule has 2 atom stereocenters. The zero-order valence-electron chi connectivity index (χ0n) is 20.8. The fourth-order valence-electron chi connectivity index (χ4n) is 4.98. The molecular weight excluding hydrogens is 488 g/mol. The summed E-state index contributed by atoms with van der Waals surface area (Å²) in [6, 6.07) is 7.73. The van der Waals surface area contributed by atoms with E-state index in [4.69, 9.17) is 5.73 Å². The van der Waals surface area contributed by atoms with Crippen molar-refractivity contribution < 1.29 is 18.0 Å². The van der Waals surface area contributed by atoms with Crippen molar-refractivity contribution in [2.24, 2.45) is 17.6 Å². The van der Waals surface area contributed by atoms with Gasteiger partial charge in [0.25, 0.3) is 0 Å². The van der Waals surface area contributed by atoms with Crippen molar-refractivity contribution in [2.45, 2.75) is 82.7 Å². The number of nitrogens with zero attached hydrogens (tertiary/aromatic N) is 1. The Hall–Kier alpha value is -1.68. The molecule has 1 aromatic carbocycles. The van der Waals surface area contributed by atoms with Crippen molar-refractivity contribution in [1.82, 2.24) is 14.9 Å². The molecule has 0 aromatic heterocycles. The number of rotatable bonds is 10. The van der Waals surface area contributed by atoms with E-state index in [-0.39, 0.29) is 41.9 Å². The molecule has 1 aliphatic heterocycles. The molecule has 8 nitrogen and oxygen atoms in total. The highest BCUT2D eigenvalue weighted by molar-refractivity contribution is 7.88. The Morgan fingerprint density at radius 3 is 2.37 bits per heavy atom. The Morgan fingerprint density at radius 1 is 1.09 bits per heavy atom. The Bertz CT molecular complexity index is 921. The minimum Gasteiger partial charge on any atom is -0.354 e. The van der Waals surface area contributed by atoms with Gasteiger partial charge in [-0.2, -0.15) is 0 Å². The molecule has 0 spiro atoms. The molecule has 2 fully saturated rings. The lowest BCUT2D eigenvalue weighted by atomic mass is 9.86. The largest absolute Gasteiger partial charge is 0.354 e. The van der Waals surface area contributed by atoms with Gasteiger partial charge in [0.15, 0.2) is 0 Å². The van der Waals surface area contributed by atoms with E-state index >= 15 is 0 Å². The lowest BCUT2D eigenvalue weighted by Crippen LogP contribution is -2.54. The SMILES string of the molecule is CC(C)C[C@@H](NS(=O)(=O)Cc1ccccc1)C(=O)N1CCC[C@H]1C(=O)NCC1CCC(N)CC1.Cl. The van der Waals surface area contributed by atoms with Gasteiger partial charge in [-0.15, -0.1) is 12.4 Å². The highest BCUT2D eigenvalue weighted by Crippen LogP contribution is 2.24. The third-order valence-corrected chi connectivity index (χ3v) is 8.18. The second-order valence-electron chi connectivity index (χ2n) is 10.3. The molecule has 2 aliphatic rings. The van der Waals surface area contributed by atoms with Crippen molar-refractivity contribution in [2.75, 3.05) is 13.1 Å². The normalized spacial score (nSPS) is 23.5. The zero-order valence-corrected chi connectivity index (χ0v) is 22.5. The van der Waals surface area contributed by atoms with Gasteiger partial charge in [-0.1, -0.05) is 44.2 Å². The highest BCUT2D eigenvalue weighted by atomic mass is 35.5. The third-order valence-electron chi connectivity index (χ3n) is 6.82. The summed E-state index contributed by atoms with van der Waals surface area (Å²) in [6.07, 6.45) is 5.68. The van der Waals surface area contributed by atoms with Gasteiger partial charge >= 0.3 is 0 Å². The first-order valence-corrected chi connectivity index (χ1v) is 14.2. The van der Waals surface area contributed by atoms with Crippen molar-refractivity contribution in [3.05, 3.63) is 35.9 Å². The number of nitrogens with one attached hydrogen (secondary N) is 2. The smallest absolute Gasteiger partial charge is 0.242 e. The average molecular weight is 529 g/mol. The van der Waals surface area contributed by atoms with Gasteiger partial charge in [0.2, 0.25) is 21.8 Å². The van der Waals surface area contributed by atoms with E-state index < -0.39 is 22.1 Å². The van der Waals surface area contributed by atoms with Crippen molar-refractivity contribution in [3.8, 4) is 0 Å². The maximum atomic E-state index is 13.5. The van der Waals surface area contributed by atoms with E-state index in [9.17, 15) is 18.0 Å². The molecule has 10 heteroatoms. The Labute approximate surface area is 216 Å². The summed E-state index contributed by atoms with van der Waals surface area (Å²) in [5, 5.41) is 3.04. The Kier molecular flexibility index (Phi) is 11.5. The van der Waals surface area contributed by atoms with Gasteiger partial charge in [-0.25, -0.2) is 13.1 Å². The summed E-state index contributed by atoms with van der Waals surface area (Å²) in [5.74, 6) is -0.110. The molecule has 1 saturated heterocycles. The van der Waals surface area contributed by atoms with Gasteiger partial charge in [-0.3, -0.25) is 9.59 Å². The van der Waals surface area contributed by atoms with Crippen molar-refractivity contribution in [3.63, 3.8) is 0 Å². The van der Waals surface area contributed by atoms with Crippen LogP contribution in [0.2, 0.25) is 0 Å². The molecule has 4 N–H and O–H groups in total. The monoisotopic (exact) mass is 528 g/mol. The standard InChI is InChI=1S/C25H40N4O4S.ClH/c1-18(2)15-22(28-34(32,33)17-20-7-4-3-5-8-20)25(31)29-14-6-9-23(29)24(30)27-16-19-10-12-21(26)13-11-19;/h3-5,7-8,18-19,21-23,28H,6,9-17,26H2,1-2H3,(H,27,30);1H/t19?,21?,22-,23+;/m1./s1. The number of carbonyl (C=O) groups excluding carboxylic acids is 2. The third kappa shape index (κ3) is 9.04. The molecule has 3 rings (SSSR count). The number of amides is 2. The summed E-state index contributed by atoms with van der Waals surface area (Å²) in [7, 11) is -3.73. The predicted octanol–water partition coefficient (Wildman–Crippen LogP) is 2.57. The maximum Gasteiger partial charge on any atom is 0.242 e. The number of halogens is 1. The van der Waals surface area contributed by atoms with Gasteiger partial charge in [0, 0.05) is 19.1 Å². The van der Waals surface area contributed by atoms with Crippen LogP contribution < -0.4 is 15.8 Å². The van der Waals surface area contributed by atoms with E-state index in [0.29, 0.717) is 37.4 Å². The number of likely N-dealkylation sites (tertiary alicyclic amines) is 1. The van der Waals surface area contributed by atoms with E-state index in [0.717, 1.165) is 32.1 Å². The van der Waals surface area contributed by atoms with Crippen LogP contribution in [0.3, 0.4) is 0 Å². The Morgan fingerprint density at radius 2 is 1.74 bits per heavy atom. The van der Waals surface area contributed by atoms with Crippen LogP contribution in [0.4, 0.5) is 0 Å². The molecule has 198 valence electrons. The van der Waals surface area contributed by atoms with E-state index in [1.807, 2.05) is 19.9 Å². The minimum absolute atomic E-state index is 0. The lowest BCUT2D eigenvalue weighted by molar-refractivity contribution is -0.140. The number of sulfonamides is 1. The highest BCUT2D eigenvalue weighted by Gasteiger charge is 2.38. The molecule has 0 unspecified atom stereocenters. The van der Waals surface area contributed by atoms with Crippen LogP contribution in [0.15, 0.2) is 30.3 Å². The fourth-order valence-corrected chi connectivity index (χ4v) is 6.33. The van der Waals surface area contributed by atoms with E-state index in [2.05, 4.69) is 10.0 Å². The summed E-state index contributed by atoms with van der Waals surface area (Å²) < 4.78 is 28.3. The number of hydrogen-bond donors (Lipinski definition) is 3. The number of nitrogens with two attached hydrogens (primary N) is 1. The first kappa shape index (κ1) is 29.5. The quantitative estimate of drug-likeness (QED) is 0.431. The Balaban J connectivity index is 0.00000432. The fraction of sp³-hybridized carbons (Fsp3) is 0.680. The van der Waals surface area contributed by atoms with Crippen molar-refractivity contribution >= 4 is 34.2 Å². The molecule has 0 radical (unpaired) electrons. The van der Waals surface area contributed by atoms with Gasteiger partial charge in [0.05, 0.1) is 5.75 Å². The van der Waals surface area contributed by atoms with Crippen LogP contribution in [0, 0.1) is 11.8 Å². The average Bonchev–Trinajstić information content (AvgIpc) is 3.27. The summed E-state index contributed by atoms with van der Waals surface area (Å²) >= 11 is 0. The zero-order chi connectivity index (χ0) is 24.7. The van der Waals surface area contributed by atoms with Crippen LogP contribution in [0.25, 0.3) is 0 Å². The van der Waals surface area contributed by atoms with Crippen LogP contribution in [0.5, 0.6) is 0 Å². The van der Waals surface area contributed by atoms with E-state index in [1.165, 1.54) is 0 Å². The molecule has 1 aromatic rings. The summed E-state index contributed by atoms with van der Waals surface area (Å²) in [6.45, 7) is 4.97. The van der Waals surface area contributed by atoms with Crippen LogP contribution >= 0.6 is 12.4 Å². The number of hydrogen-bond acceptors (Lipinski definition) is 5. The summed E-state index contributed by atoms with van der Waals surface area (Å²) in [5.41, 5.74) is 6.63. The molecular formula is C25H41ClN4O4S. The van der Waals surface area contributed by atoms with Crippen LogP contribution in [0.1, 0.15) is 64.4 Å². The number of carbonyl (C=O) groups is 2. The first-order chi connectivity index (χ1) is 16.1. The second kappa shape index (κ2) is 13.6. The predicted molar refractivity (Wildman–Crippen MR) is 140 cm³/mol. The lowest BCUT2D eigenvalue weighted by Gasteiger charge is -2.30. The molecule has 2 amide bonds. The second-order valence-corrected chi connectivity index (χ2v) is 12.0. The summed E-state index contributed by atoms with van der Waals surface area (Å²) in [4.78, 5) is 28.0. The van der Waals surface area contributed by atoms with Gasteiger partial charge in [-0.05, 0) is 62.3 Å². The molecule has 1 saturated carbocycles. The minimum atomic E-state index is -3.73. The number of benzene rings is 1. The topological polar surface area (TPSA) is 122 Å². The molecule has 1 heterocycles. The van der Waals surface area contributed by atoms with Crippen LogP contribution in [-0.2, 0) is 25.4 Å². The first-order valence-electron chi connectivity index (χ1n) is 12.5. The van der Waals surface area contributed by atoms with Gasteiger partial charge < -0.3 is 16.0 Å².